The highest BCUT2D eigenvalue weighted by Gasteiger charge is 2.17. The first-order chi connectivity index (χ1) is 13.6. The number of rotatable bonds is 4. The van der Waals surface area contributed by atoms with E-state index < -0.39 is 0 Å². The minimum Gasteiger partial charge on any atom is -0.376 e. The molecule has 7 heteroatoms. The topological polar surface area (TPSA) is 52.7 Å². The molecule has 0 bridgehead atoms. The maximum atomic E-state index is 5.63. The second kappa shape index (κ2) is 8.59. The van der Waals surface area contributed by atoms with Gasteiger partial charge in [-0.2, -0.15) is 0 Å². The van der Waals surface area contributed by atoms with Crippen molar-refractivity contribution in [2.24, 2.45) is 0 Å². The summed E-state index contributed by atoms with van der Waals surface area (Å²) < 4.78 is 5.63. The molecule has 2 aromatic rings. The van der Waals surface area contributed by atoms with Gasteiger partial charge in [0.2, 0.25) is 0 Å². The lowest BCUT2D eigenvalue weighted by molar-refractivity contribution is 0.114. The van der Waals surface area contributed by atoms with Crippen molar-refractivity contribution in [1.29, 1.82) is 0 Å². The Morgan fingerprint density at radius 2 is 2.07 bits per heavy atom. The summed E-state index contributed by atoms with van der Waals surface area (Å²) in [5.41, 5.74) is 3.24. The molecule has 0 radical (unpaired) electrons. The van der Waals surface area contributed by atoms with Crippen molar-refractivity contribution in [2.45, 2.75) is 25.9 Å². The molecule has 1 atom stereocenters. The quantitative estimate of drug-likeness (QED) is 0.767. The second-order valence-electron chi connectivity index (χ2n) is 7.79. The number of ether oxygens (including phenoxy) is 1. The minimum atomic E-state index is 0.274. The summed E-state index contributed by atoms with van der Waals surface area (Å²) in [4.78, 5) is 9.65. The van der Waals surface area contributed by atoms with E-state index >= 15 is 0 Å². The number of likely N-dealkylation sites (N-methyl/N-ethyl adjacent to an activating group) is 1. The molecule has 0 spiro atoms. The fourth-order valence-corrected chi connectivity index (χ4v) is 4.04. The van der Waals surface area contributed by atoms with E-state index in [4.69, 9.17) is 21.9 Å². The van der Waals surface area contributed by atoms with Crippen LogP contribution in [0.3, 0.4) is 0 Å². The Labute approximate surface area is 172 Å². The van der Waals surface area contributed by atoms with Crippen molar-refractivity contribution in [3.05, 3.63) is 29.8 Å². The number of aromatic nitrogens is 1. The lowest BCUT2D eigenvalue weighted by atomic mass is 10.1. The SMILES string of the molecule is Cc1cc(N2CCN(C)CC2)nc2ccc(NC(=S)NC[C@@H]3CCCO3)cc12. The number of fused-ring (bicyclic) bond motifs is 1. The van der Waals surface area contributed by atoms with Gasteiger partial charge < -0.3 is 25.2 Å². The smallest absolute Gasteiger partial charge is 0.170 e. The molecule has 2 aliphatic rings. The molecule has 2 fully saturated rings. The van der Waals surface area contributed by atoms with Crippen LogP contribution in [0.1, 0.15) is 18.4 Å². The molecule has 0 unspecified atom stereocenters. The molecule has 1 aromatic carbocycles. The summed E-state index contributed by atoms with van der Waals surface area (Å²) in [7, 11) is 2.17. The number of nitrogens with one attached hydrogen (secondary N) is 2. The van der Waals surface area contributed by atoms with E-state index in [1.165, 1.54) is 5.56 Å². The van der Waals surface area contributed by atoms with Crippen LogP contribution in [0.5, 0.6) is 0 Å². The fraction of sp³-hybridized carbons (Fsp3) is 0.524. The first-order valence-electron chi connectivity index (χ1n) is 10.1. The number of hydrogen-bond acceptors (Lipinski definition) is 5. The van der Waals surface area contributed by atoms with E-state index in [1.54, 1.807) is 0 Å². The Morgan fingerprint density at radius 1 is 1.25 bits per heavy atom. The third-order valence-corrected chi connectivity index (χ3v) is 5.85. The number of piperazine rings is 1. The lowest BCUT2D eigenvalue weighted by Crippen LogP contribution is -2.44. The molecule has 28 heavy (non-hydrogen) atoms. The molecular weight excluding hydrogens is 370 g/mol. The summed E-state index contributed by atoms with van der Waals surface area (Å²) in [6.07, 6.45) is 2.52. The number of nitrogens with zero attached hydrogens (tertiary/aromatic N) is 3. The van der Waals surface area contributed by atoms with Gasteiger partial charge in [0.15, 0.2) is 5.11 Å². The van der Waals surface area contributed by atoms with Crippen LogP contribution in [0.4, 0.5) is 11.5 Å². The van der Waals surface area contributed by atoms with Crippen LogP contribution in [-0.2, 0) is 4.74 Å². The van der Waals surface area contributed by atoms with Crippen LogP contribution in [0, 0.1) is 6.92 Å². The van der Waals surface area contributed by atoms with E-state index in [2.05, 4.69) is 52.6 Å². The maximum absolute atomic E-state index is 5.63. The monoisotopic (exact) mass is 399 g/mol. The zero-order valence-corrected chi connectivity index (χ0v) is 17.5. The maximum Gasteiger partial charge on any atom is 0.170 e. The van der Waals surface area contributed by atoms with Gasteiger partial charge in [-0.3, -0.25) is 0 Å². The van der Waals surface area contributed by atoms with Gasteiger partial charge in [0.05, 0.1) is 11.6 Å². The van der Waals surface area contributed by atoms with Crippen LogP contribution in [0.15, 0.2) is 24.3 Å². The average Bonchev–Trinajstić information content (AvgIpc) is 3.21. The average molecular weight is 400 g/mol. The first kappa shape index (κ1) is 19.4. The number of hydrogen-bond donors (Lipinski definition) is 2. The van der Waals surface area contributed by atoms with Gasteiger partial charge >= 0.3 is 0 Å². The van der Waals surface area contributed by atoms with Gasteiger partial charge in [0.25, 0.3) is 0 Å². The second-order valence-corrected chi connectivity index (χ2v) is 8.20. The van der Waals surface area contributed by atoms with Crippen LogP contribution in [0.25, 0.3) is 10.9 Å². The fourth-order valence-electron chi connectivity index (χ4n) is 3.84. The number of benzene rings is 1. The number of aryl methyl sites for hydroxylation is 1. The number of thiocarbonyl (C=S) groups is 1. The van der Waals surface area contributed by atoms with Crippen LogP contribution < -0.4 is 15.5 Å². The van der Waals surface area contributed by atoms with Crippen LogP contribution in [0.2, 0.25) is 0 Å². The van der Waals surface area contributed by atoms with Crippen molar-refractivity contribution >= 4 is 39.7 Å². The van der Waals surface area contributed by atoms with E-state index in [0.717, 1.165) is 74.6 Å². The summed E-state index contributed by atoms with van der Waals surface area (Å²) in [6.45, 7) is 7.99. The summed E-state index contributed by atoms with van der Waals surface area (Å²) in [5, 5.41) is 8.34. The molecule has 3 heterocycles. The predicted octanol–water partition coefficient (Wildman–Crippen LogP) is 2.76. The zero-order chi connectivity index (χ0) is 19.5. The van der Waals surface area contributed by atoms with Gasteiger partial charge in [-0.1, -0.05) is 0 Å². The highest BCUT2D eigenvalue weighted by Crippen LogP contribution is 2.26. The predicted molar refractivity (Wildman–Crippen MR) is 119 cm³/mol. The Balaban J connectivity index is 1.44. The summed E-state index contributed by atoms with van der Waals surface area (Å²) in [6, 6.07) is 8.45. The Hall–Kier alpha value is -1.96. The van der Waals surface area contributed by atoms with Crippen molar-refractivity contribution in [2.75, 3.05) is 56.6 Å². The minimum absolute atomic E-state index is 0.274. The number of anilines is 2. The van der Waals surface area contributed by atoms with E-state index in [1.807, 2.05) is 6.07 Å². The molecule has 6 nitrogen and oxygen atoms in total. The van der Waals surface area contributed by atoms with Gasteiger partial charge in [-0.15, -0.1) is 0 Å². The zero-order valence-electron chi connectivity index (χ0n) is 16.7. The molecular formula is C21H29N5OS. The molecule has 0 amide bonds. The van der Waals surface area contributed by atoms with Gasteiger partial charge in [-0.05, 0) is 68.9 Å². The van der Waals surface area contributed by atoms with E-state index in [0.29, 0.717) is 5.11 Å². The molecule has 2 saturated heterocycles. The third-order valence-electron chi connectivity index (χ3n) is 5.60. The summed E-state index contributed by atoms with van der Waals surface area (Å²) >= 11 is 5.44. The highest BCUT2D eigenvalue weighted by atomic mass is 32.1. The van der Waals surface area contributed by atoms with Crippen LogP contribution in [-0.4, -0.2) is 67.5 Å². The largest absolute Gasteiger partial charge is 0.376 e. The van der Waals surface area contributed by atoms with Gasteiger partial charge in [-0.25, -0.2) is 4.98 Å². The van der Waals surface area contributed by atoms with Crippen molar-refractivity contribution in [3.63, 3.8) is 0 Å². The van der Waals surface area contributed by atoms with Gasteiger partial charge in [0.1, 0.15) is 5.82 Å². The normalized spacial score (nSPS) is 20.5. The standard InChI is InChI=1S/C21H29N5OS/c1-15-12-20(26-9-7-25(2)8-10-26)24-19-6-5-16(13-18(15)19)23-21(28)22-14-17-4-3-11-27-17/h5-6,12-13,17H,3-4,7-11,14H2,1-2H3,(H2,22,23,28)/t17-/m0/s1. The van der Waals surface area contributed by atoms with Gasteiger partial charge in [0, 0.05) is 50.4 Å². The Kier molecular flexibility index (Phi) is 5.94. The molecule has 4 rings (SSSR count). The Morgan fingerprint density at radius 3 is 2.82 bits per heavy atom. The molecule has 2 N–H and O–H groups in total. The number of pyridine rings is 1. The van der Waals surface area contributed by atoms with Crippen molar-refractivity contribution in [3.8, 4) is 0 Å². The first-order valence-corrected chi connectivity index (χ1v) is 10.5. The van der Waals surface area contributed by atoms with Crippen molar-refractivity contribution < 1.29 is 4.74 Å². The molecule has 150 valence electrons. The summed E-state index contributed by atoms with van der Waals surface area (Å²) in [5.74, 6) is 1.08. The van der Waals surface area contributed by atoms with E-state index in [9.17, 15) is 0 Å². The van der Waals surface area contributed by atoms with E-state index in [-0.39, 0.29) is 6.10 Å². The third kappa shape index (κ3) is 4.54. The highest BCUT2D eigenvalue weighted by molar-refractivity contribution is 7.80. The van der Waals surface area contributed by atoms with Crippen molar-refractivity contribution in [1.82, 2.24) is 15.2 Å². The Bertz CT molecular complexity index is 844. The molecule has 1 aromatic heterocycles. The molecule has 0 saturated carbocycles. The van der Waals surface area contributed by atoms with Crippen LogP contribution >= 0.6 is 12.2 Å². The molecule has 0 aliphatic carbocycles. The lowest BCUT2D eigenvalue weighted by Gasteiger charge is -2.33. The molecule has 2 aliphatic heterocycles.